The molecule has 0 bridgehead atoms. The van der Waals surface area contributed by atoms with Crippen LogP contribution in [0.15, 0.2) is 12.3 Å². The molecule has 0 aliphatic rings. The number of nitrogens with two attached hydrogens (primary N) is 1. The molecule has 0 atom stereocenters. The lowest BCUT2D eigenvalue weighted by molar-refractivity contribution is 0.0698. The second kappa shape index (κ2) is 4.43. The van der Waals surface area contributed by atoms with Gasteiger partial charge in [0.1, 0.15) is 5.82 Å². The monoisotopic (exact) mass is 197 g/mol. The average Bonchev–Trinajstić information content (AvgIpc) is 2.16. The van der Waals surface area contributed by atoms with Gasteiger partial charge in [0, 0.05) is 6.54 Å². The molecule has 1 heterocycles. The number of aliphatic hydroxyl groups excluding tert-OH is 1. The van der Waals surface area contributed by atoms with Crippen molar-refractivity contribution in [2.45, 2.75) is 0 Å². The van der Waals surface area contributed by atoms with Crippen molar-refractivity contribution in [2.75, 3.05) is 24.2 Å². The van der Waals surface area contributed by atoms with E-state index in [0.717, 1.165) is 0 Å². The van der Waals surface area contributed by atoms with Crippen LogP contribution in [0, 0.1) is 0 Å². The number of aromatic carboxylic acids is 1. The van der Waals surface area contributed by atoms with Crippen LogP contribution in [0.4, 0.5) is 11.5 Å². The molecule has 0 saturated carbocycles. The molecule has 0 spiro atoms. The fourth-order valence-electron chi connectivity index (χ4n) is 0.932. The minimum absolute atomic E-state index is 0.000407. The molecule has 0 fully saturated rings. The molecular weight excluding hydrogens is 186 g/mol. The number of aromatic nitrogens is 1. The fourth-order valence-corrected chi connectivity index (χ4v) is 0.932. The highest BCUT2D eigenvalue weighted by Crippen LogP contribution is 2.14. The lowest BCUT2D eigenvalue weighted by Crippen LogP contribution is -2.09. The van der Waals surface area contributed by atoms with E-state index in [4.69, 9.17) is 15.9 Å². The van der Waals surface area contributed by atoms with Crippen LogP contribution >= 0.6 is 0 Å². The number of carbonyl (C=O) groups is 1. The first-order chi connectivity index (χ1) is 6.65. The van der Waals surface area contributed by atoms with E-state index in [2.05, 4.69) is 10.3 Å². The maximum Gasteiger partial charge on any atom is 0.337 e. The Hall–Kier alpha value is -1.82. The van der Waals surface area contributed by atoms with Crippen LogP contribution in [0.2, 0.25) is 0 Å². The molecule has 76 valence electrons. The summed E-state index contributed by atoms with van der Waals surface area (Å²) in [6.45, 7) is 0.268. The third-order valence-electron chi connectivity index (χ3n) is 1.58. The van der Waals surface area contributed by atoms with Crippen LogP contribution in [0.5, 0.6) is 0 Å². The number of anilines is 2. The maximum atomic E-state index is 10.7. The zero-order chi connectivity index (χ0) is 10.6. The molecule has 0 saturated heterocycles. The molecule has 6 heteroatoms. The van der Waals surface area contributed by atoms with E-state index < -0.39 is 5.97 Å². The van der Waals surface area contributed by atoms with Gasteiger partial charge in [-0.15, -0.1) is 0 Å². The summed E-state index contributed by atoms with van der Waals surface area (Å²) in [5.41, 5.74) is 5.52. The van der Waals surface area contributed by atoms with Gasteiger partial charge in [-0.05, 0) is 6.07 Å². The summed E-state index contributed by atoms with van der Waals surface area (Å²) in [6.07, 6.45) is 1.27. The van der Waals surface area contributed by atoms with Crippen LogP contribution in [0.1, 0.15) is 10.4 Å². The predicted octanol–water partition coefficient (Wildman–Crippen LogP) is -0.234. The molecule has 0 radical (unpaired) electrons. The molecule has 1 aromatic rings. The summed E-state index contributed by atoms with van der Waals surface area (Å²) in [7, 11) is 0. The quantitative estimate of drug-likeness (QED) is 0.530. The van der Waals surface area contributed by atoms with Crippen LogP contribution in [0.25, 0.3) is 0 Å². The van der Waals surface area contributed by atoms with Crippen molar-refractivity contribution < 1.29 is 15.0 Å². The van der Waals surface area contributed by atoms with Crippen molar-refractivity contribution in [3.63, 3.8) is 0 Å². The molecule has 0 amide bonds. The first kappa shape index (κ1) is 10.3. The number of pyridine rings is 1. The third-order valence-corrected chi connectivity index (χ3v) is 1.58. The number of nitrogen functional groups attached to an aromatic ring is 1. The highest BCUT2D eigenvalue weighted by atomic mass is 16.4. The number of carboxylic acids is 1. The second-order valence-corrected chi connectivity index (χ2v) is 2.61. The van der Waals surface area contributed by atoms with Gasteiger partial charge in [-0.1, -0.05) is 0 Å². The fraction of sp³-hybridized carbons (Fsp3) is 0.250. The van der Waals surface area contributed by atoms with E-state index >= 15 is 0 Å². The minimum Gasteiger partial charge on any atom is -0.478 e. The molecular formula is C8H11N3O3. The molecule has 1 aromatic heterocycles. The van der Waals surface area contributed by atoms with E-state index in [1.165, 1.54) is 12.3 Å². The number of aliphatic hydroxyl groups is 1. The molecule has 14 heavy (non-hydrogen) atoms. The predicted molar refractivity (Wildman–Crippen MR) is 51.2 cm³/mol. The second-order valence-electron chi connectivity index (χ2n) is 2.61. The first-order valence-corrected chi connectivity index (χ1v) is 3.98. The average molecular weight is 197 g/mol. The molecule has 0 aliphatic carbocycles. The van der Waals surface area contributed by atoms with Crippen molar-refractivity contribution >= 4 is 17.5 Å². The van der Waals surface area contributed by atoms with Crippen molar-refractivity contribution in [2.24, 2.45) is 0 Å². The van der Waals surface area contributed by atoms with Gasteiger partial charge in [0.05, 0.1) is 24.1 Å². The summed E-state index contributed by atoms with van der Waals surface area (Å²) in [6, 6.07) is 1.33. The maximum absolute atomic E-state index is 10.7. The van der Waals surface area contributed by atoms with Gasteiger partial charge in [0.15, 0.2) is 0 Å². The molecule has 1 rings (SSSR count). The Morgan fingerprint density at radius 1 is 1.64 bits per heavy atom. The van der Waals surface area contributed by atoms with Crippen molar-refractivity contribution in [3.05, 3.63) is 17.8 Å². The third kappa shape index (κ3) is 2.33. The summed E-state index contributed by atoms with van der Waals surface area (Å²) < 4.78 is 0. The lowest BCUT2D eigenvalue weighted by Gasteiger charge is -2.05. The molecule has 0 unspecified atom stereocenters. The van der Waals surface area contributed by atoms with E-state index in [9.17, 15) is 4.79 Å². The number of nitrogens with one attached hydrogen (secondary N) is 1. The van der Waals surface area contributed by atoms with Crippen molar-refractivity contribution in [3.8, 4) is 0 Å². The molecule has 6 nitrogen and oxygen atoms in total. The normalized spacial score (nSPS) is 9.79. The summed E-state index contributed by atoms with van der Waals surface area (Å²) in [5.74, 6) is -0.720. The van der Waals surface area contributed by atoms with Crippen LogP contribution in [-0.4, -0.2) is 34.3 Å². The number of carboxylic acid groups (broad SMARTS) is 1. The van der Waals surface area contributed by atoms with Gasteiger partial charge in [0.2, 0.25) is 0 Å². The number of nitrogens with zero attached hydrogens (tertiary/aromatic N) is 1. The highest BCUT2D eigenvalue weighted by Gasteiger charge is 2.08. The molecule has 0 aliphatic heterocycles. The van der Waals surface area contributed by atoms with Gasteiger partial charge in [-0.25, -0.2) is 9.78 Å². The topological polar surface area (TPSA) is 108 Å². The molecule has 0 aromatic carbocycles. The molecule has 5 N–H and O–H groups in total. The Kier molecular flexibility index (Phi) is 3.24. The van der Waals surface area contributed by atoms with Crippen LogP contribution in [0.3, 0.4) is 0 Å². The minimum atomic E-state index is -1.10. The van der Waals surface area contributed by atoms with Crippen molar-refractivity contribution in [1.82, 2.24) is 4.98 Å². The Labute approximate surface area is 80.4 Å². The Morgan fingerprint density at radius 2 is 2.36 bits per heavy atom. The van der Waals surface area contributed by atoms with E-state index in [1.807, 2.05) is 0 Å². The number of hydrogen-bond donors (Lipinski definition) is 4. The Balaban J connectivity index is 2.89. The SMILES string of the molecule is Nc1cnc(NCCO)cc1C(=O)O. The van der Waals surface area contributed by atoms with Gasteiger partial charge < -0.3 is 21.3 Å². The van der Waals surface area contributed by atoms with Crippen LogP contribution < -0.4 is 11.1 Å². The lowest BCUT2D eigenvalue weighted by atomic mass is 10.2. The van der Waals surface area contributed by atoms with Gasteiger partial charge in [0.25, 0.3) is 0 Å². The van der Waals surface area contributed by atoms with E-state index in [1.54, 1.807) is 0 Å². The van der Waals surface area contributed by atoms with E-state index in [-0.39, 0.29) is 17.9 Å². The van der Waals surface area contributed by atoms with Gasteiger partial charge in [-0.2, -0.15) is 0 Å². The van der Waals surface area contributed by atoms with E-state index in [0.29, 0.717) is 12.4 Å². The zero-order valence-corrected chi connectivity index (χ0v) is 7.40. The van der Waals surface area contributed by atoms with Gasteiger partial charge >= 0.3 is 5.97 Å². The van der Waals surface area contributed by atoms with Crippen molar-refractivity contribution in [1.29, 1.82) is 0 Å². The highest BCUT2D eigenvalue weighted by molar-refractivity contribution is 5.94. The Bertz CT molecular complexity index is 341. The Morgan fingerprint density at radius 3 is 2.93 bits per heavy atom. The number of hydrogen-bond acceptors (Lipinski definition) is 5. The largest absolute Gasteiger partial charge is 0.478 e. The summed E-state index contributed by atoms with van der Waals surface area (Å²) in [5, 5.41) is 20.0. The number of rotatable bonds is 4. The zero-order valence-electron chi connectivity index (χ0n) is 7.40. The first-order valence-electron chi connectivity index (χ1n) is 3.98. The summed E-state index contributed by atoms with van der Waals surface area (Å²) in [4.78, 5) is 14.5. The smallest absolute Gasteiger partial charge is 0.337 e. The standard InChI is InChI=1S/C8H11N3O3/c9-6-4-11-7(10-1-2-12)3-5(6)8(13)14/h3-4,12H,1-2,9H2,(H,10,11)(H,13,14). The van der Waals surface area contributed by atoms with Gasteiger partial charge in [-0.3, -0.25) is 0 Å². The van der Waals surface area contributed by atoms with Crippen LogP contribution in [-0.2, 0) is 0 Å². The summed E-state index contributed by atoms with van der Waals surface area (Å²) >= 11 is 0.